The van der Waals surface area contributed by atoms with E-state index in [4.69, 9.17) is 9.47 Å². The van der Waals surface area contributed by atoms with Gasteiger partial charge in [0, 0.05) is 20.3 Å². The first kappa shape index (κ1) is 11.5. The summed E-state index contributed by atoms with van der Waals surface area (Å²) in [4.78, 5) is 4.25. The topological polar surface area (TPSA) is 61.2 Å². The van der Waals surface area contributed by atoms with E-state index in [2.05, 4.69) is 15.4 Å². The van der Waals surface area contributed by atoms with Gasteiger partial charge in [0.05, 0.1) is 25.8 Å². The highest BCUT2D eigenvalue weighted by atomic mass is 16.5. The van der Waals surface area contributed by atoms with Crippen LogP contribution in [0, 0.1) is 0 Å². The summed E-state index contributed by atoms with van der Waals surface area (Å²) in [6, 6.07) is 0.349. The summed E-state index contributed by atoms with van der Waals surface area (Å²) in [6.07, 6.45) is 2.63. The lowest BCUT2D eigenvalue weighted by atomic mass is 10.3. The predicted octanol–water partition coefficient (Wildman–Crippen LogP) is -0.0245. The molecule has 1 fully saturated rings. The molecule has 2 rings (SSSR count). The second kappa shape index (κ2) is 5.93. The molecule has 16 heavy (non-hydrogen) atoms. The molecule has 0 spiro atoms. The summed E-state index contributed by atoms with van der Waals surface area (Å²) >= 11 is 0. The number of nitrogens with one attached hydrogen (secondary N) is 1. The van der Waals surface area contributed by atoms with Crippen molar-refractivity contribution in [1.82, 2.24) is 20.1 Å². The number of aromatic nitrogens is 3. The minimum Gasteiger partial charge on any atom is -0.383 e. The SMILES string of the molecule is COCCNCc1ncnn1C1CCOC1. The zero-order chi connectivity index (χ0) is 11.2. The third-order valence-corrected chi connectivity index (χ3v) is 2.66. The van der Waals surface area contributed by atoms with Gasteiger partial charge in [-0.2, -0.15) is 5.10 Å². The van der Waals surface area contributed by atoms with Gasteiger partial charge in [-0.05, 0) is 6.42 Å². The number of methoxy groups -OCH3 is 1. The number of ether oxygens (including phenoxy) is 2. The molecule has 1 N–H and O–H groups in total. The van der Waals surface area contributed by atoms with Crippen molar-refractivity contribution in [3.63, 3.8) is 0 Å². The highest BCUT2D eigenvalue weighted by Gasteiger charge is 2.20. The van der Waals surface area contributed by atoms with Gasteiger partial charge >= 0.3 is 0 Å². The molecule has 1 aromatic rings. The molecule has 6 nitrogen and oxygen atoms in total. The van der Waals surface area contributed by atoms with E-state index < -0.39 is 0 Å². The Bertz CT molecular complexity index is 310. The summed E-state index contributed by atoms with van der Waals surface area (Å²) in [6.45, 7) is 3.82. The van der Waals surface area contributed by atoms with Crippen molar-refractivity contribution in [3.8, 4) is 0 Å². The van der Waals surface area contributed by atoms with Gasteiger partial charge in [0.2, 0.25) is 0 Å². The highest BCUT2D eigenvalue weighted by molar-refractivity contribution is 4.88. The maximum absolute atomic E-state index is 5.35. The van der Waals surface area contributed by atoms with E-state index in [1.54, 1.807) is 13.4 Å². The van der Waals surface area contributed by atoms with E-state index in [1.165, 1.54) is 0 Å². The number of hydrogen-bond acceptors (Lipinski definition) is 5. The molecule has 0 bridgehead atoms. The van der Waals surface area contributed by atoms with E-state index >= 15 is 0 Å². The van der Waals surface area contributed by atoms with Crippen molar-refractivity contribution in [2.24, 2.45) is 0 Å². The largest absolute Gasteiger partial charge is 0.383 e. The Morgan fingerprint density at radius 2 is 2.62 bits per heavy atom. The molecule has 1 saturated heterocycles. The van der Waals surface area contributed by atoms with Crippen molar-refractivity contribution < 1.29 is 9.47 Å². The van der Waals surface area contributed by atoms with Crippen molar-refractivity contribution in [2.75, 3.05) is 33.5 Å². The molecule has 1 atom stereocenters. The third-order valence-electron chi connectivity index (χ3n) is 2.66. The zero-order valence-corrected chi connectivity index (χ0v) is 9.56. The Labute approximate surface area is 94.9 Å². The summed E-state index contributed by atoms with van der Waals surface area (Å²) in [7, 11) is 1.69. The van der Waals surface area contributed by atoms with Gasteiger partial charge in [-0.15, -0.1) is 0 Å². The molecule has 1 unspecified atom stereocenters. The molecule has 1 aromatic heterocycles. The summed E-state index contributed by atoms with van der Waals surface area (Å²) in [5, 5.41) is 7.51. The van der Waals surface area contributed by atoms with Gasteiger partial charge in [-0.3, -0.25) is 0 Å². The molecule has 0 radical (unpaired) electrons. The third kappa shape index (κ3) is 2.78. The molecular weight excluding hydrogens is 208 g/mol. The molecule has 90 valence electrons. The van der Waals surface area contributed by atoms with Crippen molar-refractivity contribution >= 4 is 0 Å². The molecular formula is C10H18N4O2. The molecule has 1 aliphatic rings. The first-order chi connectivity index (χ1) is 7.92. The monoisotopic (exact) mass is 226 g/mol. The van der Waals surface area contributed by atoms with Crippen LogP contribution in [-0.4, -0.2) is 48.2 Å². The molecule has 0 aliphatic carbocycles. The van der Waals surface area contributed by atoms with Gasteiger partial charge < -0.3 is 14.8 Å². The van der Waals surface area contributed by atoms with E-state index in [0.29, 0.717) is 12.6 Å². The van der Waals surface area contributed by atoms with Crippen molar-refractivity contribution in [1.29, 1.82) is 0 Å². The maximum atomic E-state index is 5.35. The molecule has 0 aromatic carbocycles. The first-order valence-electron chi connectivity index (χ1n) is 5.57. The van der Waals surface area contributed by atoms with Gasteiger partial charge in [0.15, 0.2) is 0 Å². The number of nitrogens with zero attached hydrogens (tertiary/aromatic N) is 3. The lowest BCUT2D eigenvalue weighted by Gasteiger charge is -2.11. The van der Waals surface area contributed by atoms with Gasteiger partial charge in [-0.25, -0.2) is 9.67 Å². The van der Waals surface area contributed by atoms with Crippen LogP contribution in [0.25, 0.3) is 0 Å². The van der Waals surface area contributed by atoms with E-state index in [0.717, 1.165) is 38.5 Å². The summed E-state index contributed by atoms with van der Waals surface area (Å²) in [5.74, 6) is 0.964. The van der Waals surface area contributed by atoms with Crippen LogP contribution in [0.2, 0.25) is 0 Å². The Morgan fingerprint density at radius 3 is 3.38 bits per heavy atom. The van der Waals surface area contributed by atoms with Crippen molar-refractivity contribution in [2.45, 2.75) is 19.0 Å². The Hall–Kier alpha value is -0.980. The van der Waals surface area contributed by atoms with Crippen LogP contribution in [0.1, 0.15) is 18.3 Å². The van der Waals surface area contributed by atoms with Gasteiger partial charge in [0.25, 0.3) is 0 Å². The number of hydrogen-bond donors (Lipinski definition) is 1. The average Bonchev–Trinajstić information content (AvgIpc) is 2.94. The minimum absolute atomic E-state index is 0.349. The van der Waals surface area contributed by atoms with Gasteiger partial charge in [-0.1, -0.05) is 0 Å². The predicted molar refractivity (Wildman–Crippen MR) is 58.1 cm³/mol. The molecule has 0 amide bonds. The molecule has 6 heteroatoms. The Morgan fingerprint density at radius 1 is 1.69 bits per heavy atom. The van der Waals surface area contributed by atoms with Crippen LogP contribution in [-0.2, 0) is 16.0 Å². The molecule has 0 saturated carbocycles. The molecule has 1 aliphatic heterocycles. The fraction of sp³-hybridized carbons (Fsp3) is 0.800. The first-order valence-corrected chi connectivity index (χ1v) is 5.57. The minimum atomic E-state index is 0.349. The van der Waals surface area contributed by atoms with E-state index in [-0.39, 0.29) is 0 Å². The summed E-state index contributed by atoms with van der Waals surface area (Å²) < 4.78 is 12.3. The second-order valence-corrected chi connectivity index (χ2v) is 3.81. The molecule has 2 heterocycles. The highest BCUT2D eigenvalue weighted by Crippen LogP contribution is 2.18. The second-order valence-electron chi connectivity index (χ2n) is 3.81. The van der Waals surface area contributed by atoms with Crippen LogP contribution >= 0.6 is 0 Å². The van der Waals surface area contributed by atoms with Crippen LogP contribution < -0.4 is 5.32 Å². The zero-order valence-electron chi connectivity index (χ0n) is 9.56. The number of rotatable bonds is 6. The van der Waals surface area contributed by atoms with Crippen molar-refractivity contribution in [3.05, 3.63) is 12.2 Å². The standard InChI is InChI=1S/C10H18N4O2/c1-15-5-3-11-6-10-12-8-13-14(10)9-2-4-16-7-9/h8-9,11H,2-7H2,1H3. The van der Waals surface area contributed by atoms with E-state index in [9.17, 15) is 0 Å². The van der Waals surface area contributed by atoms with Crippen LogP contribution in [0.4, 0.5) is 0 Å². The lowest BCUT2D eigenvalue weighted by molar-refractivity contribution is 0.183. The normalized spacial score (nSPS) is 20.4. The fourth-order valence-corrected chi connectivity index (χ4v) is 1.79. The Balaban J connectivity index is 1.86. The average molecular weight is 226 g/mol. The van der Waals surface area contributed by atoms with E-state index in [1.807, 2.05) is 4.68 Å². The van der Waals surface area contributed by atoms with Gasteiger partial charge in [0.1, 0.15) is 12.2 Å². The van der Waals surface area contributed by atoms with Crippen LogP contribution in [0.5, 0.6) is 0 Å². The quantitative estimate of drug-likeness (QED) is 0.690. The van der Waals surface area contributed by atoms with Crippen LogP contribution in [0.3, 0.4) is 0 Å². The fourth-order valence-electron chi connectivity index (χ4n) is 1.79. The maximum Gasteiger partial charge on any atom is 0.141 e. The summed E-state index contributed by atoms with van der Waals surface area (Å²) in [5.41, 5.74) is 0. The van der Waals surface area contributed by atoms with Crippen LogP contribution in [0.15, 0.2) is 6.33 Å². The smallest absolute Gasteiger partial charge is 0.141 e. The Kier molecular flexibility index (Phi) is 4.26. The lowest BCUT2D eigenvalue weighted by Crippen LogP contribution is -2.23.